The molecule has 2 rings (SSSR count). The van der Waals surface area contributed by atoms with Crippen molar-refractivity contribution in [3.8, 4) is 0 Å². The normalized spacial score (nSPS) is 9.22. The van der Waals surface area contributed by atoms with E-state index in [4.69, 9.17) is 12.2 Å². The smallest absolute Gasteiger partial charge is 0.269 e. The van der Waals surface area contributed by atoms with Crippen molar-refractivity contribution in [1.29, 1.82) is 0 Å². The zero-order chi connectivity index (χ0) is 13.5. The first-order valence-electron chi connectivity index (χ1n) is 5.22. The number of aromatic amines is 1. The number of rotatable bonds is 1. The van der Waals surface area contributed by atoms with Gasteiger partial charge < -0.3 is 4.98 Å². The molecule has 0 fully saturated rings. The van der Waals surface area contributed by atoms with Gasteiger partial charge >= 0.3 is 0 Å². The number of hydrogen-bond donors (Lipinski definition) is 1. The van der Waals surface area contributed by atoms with Crippen LogP contribution in [0.1, 0.15) is 11.3 Å². The van der Waals surface area contributed by atoms with Gasteiger partial charge in [-0.25, -0.2) is 4.98 Å². The summed E-state index contributed by atoms with van der Waals surface area (Å²) >= 11 is 4.79. The van der Waals surface area contributed by atoms with Gasteiger partial charge in [-0.3, -0.25) is 10.1 Å². The van der Waals surface area contributed by atoms with Crippen LogP contribution in [0.4, 0.5) is 5.69 Å². The Bertz CT molecular complexity index is 581. The quantitative estimate of drug-likeness (QED) is 0.486. The maximum Gasteiger partial charge on any atom is 0.269 e. The molecule has 1 heterocycles. The third-order valence-electron chi connectivity index (χ3n) is 2.23. The summed E-state index contributed by atoms with van der Waals surface area (Å²) in [4.78, 5) is 16.4. The Kier molecular flexibility index (Phi) is 5.13. The van der Waals surface area contributed by atoms with Gasteiger partial charge in [0, 0.05) is 24.0 Å². The lowest BCUT2D eigenvalue weighted by molar-refractivity contribution is -0.384. The van der Waals surface area contributed by atoms with Crippen molar-refractivity contribution in [2.45, 2.75) is 13.8 Å². The molecule has 1 N–H and O–H groups in total. The molecule has 0 spiro atoms. The van der Waals surface area contributed by atoms with Crippen LogP contribution in [0, 0.1) is 28.7 Å². The summed E-state index contributed by atoms with van der Waals surface area (Å²) in [6.07, 6.45) is 1.77. The van der Waals surface area contributed by atoms with Crippen molar-refractivity contribution in [3.05, 3.63) is 62.7 Å². The minimum Gasteiger partial charge on any atom is -0.335 e. The maximum absolute atomic E-state index is 10.0. The van der Waals surface area contributed by atoms with Crippen LogP contribution < -0.4 is 0 Å². The van der Waals surface area contributed by atoms with E-state index in [0.29, 0.717) is 4.77 Å². The fourth-order valence-corrected chi connectivity index (χ4v) is 1.30. The number of nitrogens with zero attached hydrogens (tertiary/aromatic N) is 2. The number of nitro benzene ring substituents is 1. The summed E-state index contributed by atoms with van der Waals surface area (Å²) in [7, 11) is 0. The average Bonchev–Trinajstić information content (AvgIpc) is 2.36. The van der Waals surface area contributed by atoms with Crippen LogP contribution in [-0.2, 0) is 0 Å². The van der Waals surface area contributed by atoms with Gasteiger partial charge in [-0.15, -0.1) is 0 Å². The molecule has 0 radical (unpaired) electrons. The molecule has 5 nitrogen and oxygen atoms in total. The van der Waals surface area contributed by atoms with Gasteiger partial charge in [0.15, 0.2) is 4.77 Å². The number of para-hydroxylation sites is 1. The molecule has 1 aromatic heterocycles. The second-order valence-corrected chi connectivity index (χ2v) is 3.98. The van der Waals surface area contributed by atoms with E-state index in [-0.39, 0.29) is 5.69 Å². The number of nitrogens with one attached hydrogen (secondary N) is 1. The molecule has 0 amide bonds. The van der Waals surface area contributed by atoms with Crippen LogP contribution in [0.3, 0.4) is 0 Å². The Morgan fingerprint density at radius 1 is 1.28 bits per heavy atom. The monoisotopic (exact) mass is 263 g/mol. The van der Waals surface area contributed by atoms with Crippen LogP contribution in [0.15, 0.2) is 36.5 Å². The molecule has 0 aliphatic heterocycles. The largest absolute Gasteiger partial charge is 0.335 e. The summed E-state index contributed by atoms with van der Waals surface area (Å²) in [6, 6.07) is 7.93. The number of hydrogen-bond acceptors (Lipinski definition) is 4. The Hall–Kier alpha value is -2.08. The van der Waals surface area contributed by atoms with Crippen LogP contribution in [-0.4, -0.2) is 14.9 Å². The van der Waals surface area contributed by atoms with E-state index in [1.165, 1.54) is 12.1 Å². The van der Waals surface area contributed by atoms with E-state index >= 15 is 0 Å². The summed E-state index contributed by atoms with van der Waals surface area (Å²) in [5, 5.41) is 10.0. The van der Waals surface area contributed by atoms with E-state index in [1.54, 1.807) is 24.4 Å². The highest BCUT2D eigenvalue weighted by Gasteiger charge is 1.98. The van der Waals surface area contributed by atoms with E-state index in [9.17, 15) is 10.1 Å². The lowest BCUT2D eigenvalue weighted by atomic mass is 10.3. The highest BCUT2D eigenvalue weighted by molar-refractivity contribution is 7.71. The third kappa shape index (κ3) is 4.42. The van der Waals surface area contributed by atoms with Crippen molar-refractivity contribution in [2.24, 2.45) is 0 Å². The zero-order valence-corrected chi connectivity index (χ0v) is 10.9. The molecule has 0 bridgehead atoms. The Morgan fingerprint density at radius 2 is 1.89 bits per heavy atom. The van der Waals surface area contributed by atoms with Crippen LogP contribution >= 0.6 is 12.2 Å². The zero-order valence-electron chi connectivity index (χ0n) is 10.1. The minimum absolute atomic E-state index is 0.137. The molecule has 18 heavy (non-hydrogen) atoms. The van der Waals surface area contributed by atoms with Crippen molar-refractivity contribution in [2.75, 3.05) is 0 Å². The highest BCUT2D eigenvalue weighted by Crippen LogP contribution is 2.06. The Labute approximate surface area is 110 Å². The molecule has 0 saturated heterocycles. The van der Waals surface area contributed by atoms with E-state index in [1.807, 2.05) is 13.8 Å². The van der Waals surface area contributed by atoms with Crippen molar-refractivity contribution in [1.82, 2.24) is 9.97 Å². The number of benzene rings is 1. The predicted molar refractivity (Wildman–Crippen MR) is 72.0 cm³/mol. The van der Waals surface area contributed by atoms with Gasteiger partial charge in [-0.1, -0.05) is 18.2 Å². The summed E-state index contributed by atoms with van der Waals surface area (Å²) in [5.41, 5.74) is 2.37. The fraction of sp³-hybridized carbons (Fsp3) is 0.167. The molecular weight excluding hydrogens is 250 g/mol. The Morgan fingerprint density at radius 3 is 2.28 bits per heavy atom. The highest BCUT2D eigenvalue weighted by atomic mass is 32.1. The number of aromatic nitrogens is 2. The standard InChI is InChI=1S/C6H8N2S.C6H5NO2/c1-4-3-7-6(9)8-5(4)2;8-7(9)6-4-2-1-3-5-6/h3H,1-2H3,(H,7,8,9);1-5H. The predicted octanol–water partition coefficient (Wildman–Crippen LogP) is 3.35. The van der Waals surface area contributed by atoms with Gasteiger partial charge in [0.2, 0.25) is 0 Å². The van der Waals surface area contributed by atoms with E-state index < -0.39 is 4.92 Å². The number of nitro groups is 1. The molecule has 0 aliphatic carbocycles. The fourth-order valence-electron chi connectivity index (χ4n) is 1.09. The Balaban J connectivity index is 0.000000180. The van der Waals surface area contributed by atoms with Gasteiger partial charge in [0.05, 0.1) is 4.92 Å². The molecule has 0 atom stereocenters. The first-order valence-corrected chi connectivity index (χ1v) is 5.63. The van der Waals surface area contributed by atoms with Gasteiger partial charge in [0.1, 0.15) is 0 Å². The van der Waals surface area contributed by atoms with Gasteiger partial charge in [0.25, 0.3) is 5.69 Å². The molecule has 0 aliphatic rings. The topological polar surface area (TPSA) is 71.8 Å². The van der Waals surface area contributed by atoms with Gasteiger partial charge in [-0.05, 0) is 31.6 Å². The molecule has 0 saturated carbocycles. The van der Waals surface area contributed by atoms with Crippen LogP contribution in [0.25, 0.3) is 0 Å². The molecule has 2 aromatic rings. The van der Waals surface area contributed by atoms with E-state index in [0.717, 1.165) is 11.3 Å². The van der Waals surface area contributed by atoms with Crippen molar-refractivity contribution in [3.63, 3.8) is 0 Å². The lowest BCUT2D eigenvalue weighted by Gasteiger charge is -1.94. The first kappa shape index (κ1) is 14.0. The van der Waals surface area contributed by atoms with Crippen LogP contribution in [0.5, 0.6) is 0 Å². The number of aryl methyl sites for hydroxylation is 2. The second kappa shape index (κ2) is 6.61. The van der Waals surface area contributed by atoms with E-state index in [2.05, 4.69) is 9.97 Å². The van der Waals surface area contributed by atoms with Crippen LogP contribution in [0.2, 0.25) is 0 Å². The minimum atomic E-state index is -0.417. The number of H-pyrrole nitrogens is 1. The maximum atomic E-state index is 10.0. The molecule has 6 heteroatoms. The van der Waals surface area contributed by atoms with Gasteiger partial charge in [-0.2, -0.15) is 0 Å². The van der Waals surface area contributed by atoms with Crippen molar-refractivity contribution >= 4 is 17.9 Å². The average molecular weight is 263 g/mol. The first-order chi connectivity index (χ1) is 8.50. The van der Waals surface area contributed by atoms with Crippen molar-refractivity contribution < 1.29 is 4.92 Å². The summed E-state index contributed by atoms with van der Waals surface area (Å²) in [5.74, 6) is 0. The second-order valence-electron chi connectivity index (χ2n) is 3.59. The third-order valence-corrected chi connectivity index (χ3v) is 2.44. The molecule has 94 valence electrons. The SMILES string of the molecule is Cc1cnc(=S)[nH]c1C.O=[N+]([O-])c1ccccc1. The lowest BCUT2D eigenvalue weighted by Crippen LogP contribution is -1.88. The number of non-ortho nitro benzene ring substituents is 1. The molecule has 0 unspecified atom stereocenters. The molecule has 1 aromatic carbocycles. The molecular formula is C12H13N3O2S. The summed E-state index contributed by atoms with van der Waals surface area (Å²) in [6.45, 7) is 3.97. The summed E-state index contributed by atoms with van der Waals surface area (Å²) < 4.78 is 0.554.